The van der Waals surface area contributed by atoms with E-state index in [0.717, 1.165) is 25.4 Å². The summed E-state index contributed by atoms with van der Waals surface area (Å²) >= 11 is 5.01. The average molecular weight is 343 g/mol. The van der Waals surface area contributed by atoms with Crippen molar-refractivity contribution < 1.29 is 0 Å². The summed E-state index contributed by atoms with van der Waals surface area (Å²) in [4.78, 5) is 1.94. The van der Waals surface area contributed by atoms with E-state index in [1.165, 1.54) is 11.8 Å². The summed E-state index contributed by atoms with van der Waals surface area (Å²) in [5, 5.41) is 18.3. The number of benzene rings is 2. The van der Waals surface area contributed by atoms with Crippen molar-refractivity contribution >= 4 is 27.7 Å². The number of aryl methyl sites for hydroxylation is 2. The minimum Gasteiger partial charge on any atom is -0.192 e. The highest BCUT2D eigenvalue weighted by Gasteiger charge is 2.12. The summed E-state index contributed by atoms with van der Waals surface area (Å²) < 4.78 is 1.04. The monoisotopic (exact) mass is 342 g/mol. The fraction of sp³-hybridized carbons (Fsp3) is 0.125. The second-order valence-corrected chi connectivity index (χ2v) is 6.34. The highest BCUT2D eigenvalue weighted by atomic mass is 79.9. The van der Waals surface area contributed by atoms with Crippen LogP contribution in [0.15, 0.2) is 44.6 Å². The summed E-state index contributed by atoms with van der Waals surface area (Å²) in [7, 11) is 0. The fourth-order valence-electron chi connectivity index (χ4n) is 1.99. The molecule has 2 aromatic rings. The molecule has 2 aromatic carbocycles. The van der Waals surface area contributed by atoms with Crippen LogP contribution in [0, 0.1) is 36.5 Å². The van der Waals surface area contributed by atoms with Gasteiger partial charge in [-0.15, -0.1) is 0 Å². The molecule has 4 heteroatoms. The second-order valence-electron chi connectivity index (χ2n) is 4.37. The highest BCUT2D eigenvalue weighted by molar-refractivity contribution is 9.10. The normalized spacial score (nSPS) is 9.85. The molecule has 0 amide bonds. The third-order valence-electron chi connectivity index (χ3n) is 2.90. The van der Waals surface area contributed by atoms with Gasteiger partial charge in [0.15, 0.2) is 0 Å². The molecule has 0 heterocycles. The van der Waals surface area contributed by atoms with E-state index >= 15 is 0 Å². The van der Waals surface area contributed by atoms with Crippen LogP contribution in [0.5, 0.6) is 0 Å². The minimum atomic E-state index is 0.421. The Morgan fingerprint density at radius 3 is 2.25 bits per heavy atom. The van der Waals surface area contributed by atoms with Crippen molar-refractivity contribution in [2.24, 2.45) is 0 Å². The third kappa shape index (κ3) is 2.88. The maximum atomic E-state index is 9.27. The van der Waals surface area contributed by atoms with Gasteiger partial charge in [-0.3, -0.25) is 0 Å². The molecule has 0 aromatic heterocycles. The smallest absolute Gasteiger partial charge is 0.102 e. The third-order valence-corrected chi connectivity index (χ3v) is 4.76. The Balaban J connectivity index is 2.52. The van der Waals surface area contributed by atoms with Gasteiger partial charge in [0.25, 0.3) is 0 Å². The van der Waals surface area contributed by atoms with Crippen LogP contribution < -0.4 is 0 Å². The van der Waals surface area contributed by atoms with Crippen LogP contribution in [0.25, 0.3) is 0 Å². The van der Waals surface area contributed by atoms with Gasteiger partial charge in [0.05, 0.1) is 11.1 Å². The molecule has 0 saturated heterocycles. The Hall–Kier alpha value is -1.75. The molecule has 2 rings (SSSR count). The van der Waals surface area contributed by atoms with Gasteiger partial charge in [-0.05, 0) is 49.2 Å². The van der Waals surface area contributed by atoms with Gasteiger partial charge in [-0.2, -0.15) is 10.5 Å². The standard InChI is InChI=1S/C16H11BrN2S/c1-10-6-13(17)7-11(2)16(10)20-15-5-3-4-12(8-18)14(15)9-19/h3-7H,1-2H3. The van der Waals surface area contributed by atoms with E-state index in [9.17, 15) is 5.26 Å². The van der Waals surface area contributed by atoms with E-state index in [-0.39, 0.29) is 0 Å². The Kier molecular flexibility index (Phi) is 4.49. The molecule has 20 heavy (non-hydrogen) atoms. The molecule has 0 fully saturated rings. The van der Waals surface area contributed by atoms with Gasteiger partial charge in [-0.25, -0.2) is 0 Å². The van der Waals surface area contributed by atoms with Gasteiger partial charge in [0.1, 0.15) is 12.1 Å². The van der Waals surface area contributed by atoms with E-state index in [1.54, 1.807) is 6.07 Å². The lowest BCUT2D eigenvalue weighted by molar-refractivity contribution is 1.20. The molecule has 0 N–H and O–H groups in total. The molecule has 0 saturated carbocycles. The van der Waals surface area contributed by atoms with E-state index in [2.05, 4.69) is 40.2 Å². The largest absolute Gasteiger partial charge is 0.192 e. The number of hydrogen-bond acceptors (Lipinski definition) is 3. The van der Waals surface area contributed by atoms with Crippen LogP contribution in [0.1, 0.15) is 22.3 Å². The summed E-state index contributed by atoms with van der Waals surface area (Å²) in [6.07, 6.45) is 0. The number of rotatable bonds is 2. The maximum Gasteiger partial charge on any atom is 0.102 e. The lowest BCUT2D eigenvalue weighted by Crippen LogP contribution is -1.90. The van der Waals surface area contributed by atoms with Gasteiger partial charge in [-0.1, -0.05) is 33.8 Å². The first-order valence-electron chi connectivity index (χ1n) is 5.94. The van der Waals surface area contributed by atoms with Crippen molar-refractivity contribution in [1.29, 1.82) is 10.5 Å². The summed E-state index contributed by atoms with van der Waals surface area (Å²) in [5.74, 6) is 0. The SMILES string of the molecule is Cc1cc(Br)cc(C)c1Sc1cccc(C#N)c1C#N. The average Bonchev–Trinajstić information content (AvgIpc) is 2.42. The maximum absolute atomic E-state index is 9.27. The van der Waals surface area contributed by atoms with Gasteiger partial charge in [0, 0.05) is 14.3 Å². The van der Waals surface area contributed by atoms with E-state index in [4.69, 9.17) is 5.26 Å². The van der Waals surface area contributed by atoms with Gasteiger partial charge < -0.3 is 0 Å². The molecule has 0 atom stereocenters. The molecule has 2 nitrogen and oxygen atoms in total. The zero-order chi connectivity index (χ0) is 14.7. The predicted octanol–water partition coefficient (Wildman–Crippen LogP) is 4.96. The Morgan fingerprint density at radius 2 is 1.70 bits per heavy atom. The highest BCUT2D eigenvalue weighted by Crippen LogP contribution is 2.36. The predicted molar refractivity (Wildman–Crippen MR) is 83.6 cm³/mol. The minimum absolute atomic E-state index is 0.421. The van der Waals surface area contributed by atoms with Crippen LogP contribution in [0.3, 0.4) is 0 Å². The second kappa shape index (κ2) is 6.13. The zero-order valence-corrected chi connectivity index (χ0v) is 13.5. The molecule has 98 valence electrons. The van der Waals surface area contributed by atoms with Crippen molar-refractivity contribution in [3.8, 4) is 12.1 Å². The van der Waals surface area contributed by atoms with E-state index < -0.39 is 0 Å². The molecular weight excluding hydrogens is 332 g/mol. The van der Waals surface area contributed by atoms with Crippen molar-refractivity contribution in [2.75, 3.05) is 0 Å². The molecule has 0 bridgehead atoms. The Labute approximate surface area is 131 Å². The summed E-state index contributed by atoms with van der Waals surface area (Å²) in [6, 6.07) is 13.7. The van der Waals surface area contributed by atoms with Crippen LogP contribution in [0.2, 0.25) is 0 Å². The lowest BCUT2D eigenvalue weighted by Gasteiger charge is -2.11. The molecule has 0 radical (unpaired) electrons. The molecule has 0 spiro atoms. The number of halogens is 1. The quantitative estimate of drug-likeness (QED) is 0.774. The number of nitriles is 2. The Bertz CT molecular complexity index is 731. The molecule has 0 aliphatic heterocycles. The number of nitrogens with zero attached hydrogens (tertiary/aromatic N) is 2. The molecule has 0 aliphatic carbocycles. The molecular formula is C16H11BrN2S. The zero-order valence-electron chi connectivity index (χ0n) is 11.1. The first kappa shape index (κ1) is 14.7. The lowest BCUT2D eigenvalue weighted by atomic mass is 10.1. The Morgan fingerprint density at radius 1 is 1.05 bits per heavy atom. The topological polar surface area (TPSA) is 47.6 Å². The van der Waals surface area contributed by atoms with E-state index in [1.807, 2.05) is 26.0 Å². The van der Waals surface area contributed by atoms with Crippen LogP contribution in [-0.4, -0.2) is 0 Å². The summed E-state index contributed by atoms with van der Waals surface area (Å²) in [6.45, 7) is 4.08. The van der Waals surface area contributed by atoms with Gasteiger partial charge >= 0.3 is 0 Å². The number of hydrogen-bond donors (Lipinski definition) is 0. The molecule has 0 unspecified atom stereocenters. The van der Waals surface area contributed by atoms with Crippen molar-refractivity contribution in [2.45, 2.75) is 23.6 Å². The summed E-state index contributed by atoms with van der Waals surface area (Å²) in [5.41, 5.74) is 3.16. The first-order valence-corrected chi connectivity index (χ1v) is 7.55. The molecule has 0 aliphatic rings. The van der Waals surface area contributed by atoms with E-state index in [0.29, 0.717) is 11.1 Å². The first-order chi connectivity index (χ1) is 9.56. The van der Waals surface area contributed by atoms with Crippen LogP contribution in [0.4, 0.5) is 0 Å². The fourth-order valence-corrected chi connectivity index (χ4v) is 3.74. The van der Waals surface area contributed by atoms with Crippen LogP contribution >= 0.6 is 27.7 Å². The van der Waals surface area contributed by atoms with Gasteiger partial charge in [0.2, 0.25) is 0 Å². The van der Waals surface area contributed by atoms with Crippen molar-refractivity contribution in [1.82, 2.24) is 0 Å². The van der Waals surface area contributed by atoms with Crippen molar-refractivity contribution in [3.05, 3.63) is 57.1 Å². The van der Waals surface area contributed by atoms with Crippen LogP contribution in [-0.2, 0) is 0 Å². The van der Waals surface area contributed by atoms with Crippen molar-refractivity contribution in [3.63, 3.8) is 0 Å².